The van der Waals surface area contributed by atoms with Crippen LogP contribution in [0.5, 0.6) is 0 Å². The predicted octanol–water partition coefficient (Wildman–Crippen LogP) is 2.87. The molecule has 6 nitrogen and oxygen atoms in total. The van der Waals surface area contributed by atoms with E-state index in [1.807, 2.05) is 24.3 Å². The molecule has 4 aromatic rings. The molecule has 1 aromatic carbocycles. The quantitative estimate of drug-likeness (QED) is 0.591. The Hall–Kier alpha value is -3.25. The summed E-state index contributed by atoms with van der Waals surface area (Å²) in [6, 6.07) is 13.9. The molecule has 0 saturated heterocycles. The van der Waals surface area contributed by atoms with Gasteiger partial charge >= 0.3 is 0 Å². The van der Waals surface area contributed by atoms with Crippen molar-refractivity contribution >= 4 is 10.9 Å². The zero-order chi connectivity index (χ0) is 18.2. The average molecular weight is 357 g/mol. The van der Waals surface area contributed by atoms with Gasteiger partial charge in [-0.1, -0.05) is 24.3 Å². The SMILES string of the molecule is O=c1[nH]c(-c2ccccn2)nc2c1CCN(Cc1c[nH]c3ccccc13)C2. The third-order valence-electron chi connectivity index (χ3n) is 5.13. The van der Waals surface area contributed by atoms with E-state index in [1.54, 1.807) is 6.20 Å². The van der Waals surface area contributed by atoms with E-state index in [2.05, 4.69) is 44.2 Å². The number of pyridine rings is 1. The maximum atomic E-state index is 12.5. The molecule has 0 spiro atoms. The number of benzene rings is 1. The van der Waals surface area contributed by atoms with Crippen molar-refractivity contribution in [1.29, 1.82) is 0 Å². The molecule has 1 aliphatic heterocycles. The summed E-state index contributed by atoms with van der Waals surface area (Å²) in [7, 11) is 0. The minimum absolute atomic E-state index is 0.0487. The first-order valence-electron chi connectivity index (χ1n) is 9.09. The van der Waals surface area contributed by atoms with Crippen LogP contribution >= 0.6 is 0 Å². The molecular weight excluding hydrogens is 338 g/mol. The van der Waals surface area contributed by atoms with Crippen LogP contribution in [-0.2, 0) is 19.5 Å². The van der Waals surface area contributed by atoms with Gasteiger partial charge in [-0.2, -0.15) is 0 Å². The molecule has 0 amide bonds. The van der Waals surface area contributed by atoms with Gasteiger partial charge in [0.25, 0.3) is 5.56 Å². The molecular formula is C21H19N5O. The van der Waals surface area contributed by atoms with E-state index in [-0.39, 0.29) is 5.56 Å². The molecule has 0 fully saturated rings. The summed E-state index contributed by atoms with van der Waals surface area (Å²) in [4.78, 5) is 30.1. The van der Waals surface area contributed by atoms with Gasteiger partial charge in [-0.15, -0.1) is 0 Å². The second-order valence-electron chi connectivity index (χ2n) is 6.87. The fourth-order valence-corrected chi connectivity index (χ4v) is 3.76. The number of hydrogen-bond acceptors (Lipinski definition) is 4. The number of H-pyrrole nitrogens is 2. The lowest BCUT2D eigenvalue weighted by molar-refractivity contribution is 0.241. The minimum Gasteiger partial charge on any atom is -0.361 e. The number of para-hydroxylation sites is 1. The van der Waals surface area contributed by atoms with E-state index in [4.69, 9.17) is 4.98 Å². The lowest BCUT2D eigenvalue weighted by Crippen LogP contribution is -2.35. The molecule has 134 valence electrons. The minimum atomic E-state index is -0.0487. The van der Waals surface area contributed by atoms with Crippen molar-refractivity contribution < 1.29 is 0 Å². The predicted molar refractivity (Wildman–Crippen MR) is 104 cm³/mol. The van der Waals surface area contributed by atoms with E-state index < -0.39 is 0 Å². The van der Waals surface area contributed by atoms with Gasteiger partial charge in [-0.05, 0) is 30.2 Å². The Balaban J connectivity index is 1.45. The van der Waals surface area contributed by atoms with E-state index in [1.165, 1.54) is 10.9 Å². The van der Waals surface area contributed by atoms with Crippen molar-refractivity contribution in [3.8, 4) is 11.5 Å². The maximum Gasteiger partial charge on any atom is 0.254 e. The second-order valence-corrected chi connectivity index (χ2v) is 6.87. The highest BCUT2D eigenvalue weighted by molar-refractivity contribution is 5.82. The molecule has 27 heavy (non-hydrogen) atoms. The third-order valence-corrected chi connectivity index (χ3v) is 5.13. The van der Waals surface area contributed by atoms with Gasteiger partial charge in [0, 0.05) is 48.5 Å². The number of aromatic nitrogens is 4. The summed E-state index contributed by atoms with van der Waals surface area (Å²) >= 11 is 0. The van der Waals surface area contributed by atoms with Gasteiger partial charge in [0.05, 0.1) is 5.69 Å². The van der Waals surface area contributed by atoms with Crippen molar-refractivity contribution in [2.45, 2.75) is 19.5 Å². The molecule has 0 saturated carbocycles. The monoisotopic (exact) mass is 357 g/mol. The molecule has 4 heterocycles. The standard InChI is InChI=1S/C21H19N5O/c27-21-16-8-10-26(12-14-11-23-17-6-2-1-5-15(14)17)13-19(16)24-20(25-21)18-7-3-4-9-22-18/h1-7,9,11,23H,8,10,12-13H2,(H,24,25,27). The van der Waals surface area contributed by atoms with E-state index in [0.29, 0.717) is 24.5 Å². The van der Waals surface area contributed by atoms with Gasteiger partial charge in [0.1, 0.15) is 5.69 Å². The zero-order valence-corrected chi connectivity index (χ0v) is 14.8. The summed E-state index contributed by atoms with van der Waals surface area (Å²) in [5.74, 6) is 0.535. The molecule has 0 radical (unpaired) electrons. The highest BCUT2D eigenvalue weighted by Crippen LogP contribution is 2.23. The maximum absolute atomic E-state index is 12.5. The van der Waals surface area contributed by atoms with Crippen molar-refractivity contribution in [2.24, 2.45) is 0 Å². The van der Waals surface area contributed by atoms with Crippen molar-refractivity contribution in [3.05, 3.63) is 82.0 Å². The molecule has 2 N–H and O–H groups in total. The Morgan fingerprint density at radius 2 is 2.00 bits per heavy atom. The first-order valence-corrected chi connectivity index (χ1v) is 9.09. The average Bonchev–Trinajstić information content (AvgIpc) is 3.11. The Kier molecular flexibility index (Phi) is 3.83. The van der Waals surface area contributed by atoms with Crippen molar-refractivity contribution in [1.82, 2.24) is 24.8 Å². The van der Waals surface area contributed by atoms with Crippen molar-refractivity contribution in [3.63, 3.8) is 0 Å². The molecule has 6 heteroatoms. The third kappa shape index (κ3) is 2.94. The van der Waals surface area contributed by atoms with Gasteiger partial charge < -0.3 is 9.97 Å². The number of nitrogens with one attached hydrogen (secondary N) is 2. The van der Waals surface area contributed by atoms with Crippen LogP contribution in [0.4, 0.5) is 0 Å². The van der Waals surface area contributed by atoms with E-state index in [0.717, 1.165) is 29.9 Å². The summed E-state index contributed by atoms with van der Waals surface area (Å²) in [5.41, 5.74) is 4.70. The normalized spacial score (nSPS) is 14.4. The molecule has 1 aliphatic rings. The van der Waals surface area contributed by atoms with Crippen LogP contribution in [0, 0.1) is 0 Å². The Labute approximate surface area is 155 Å². The number of hydrogen-bond donors (Lipinski definition) is 2. The fourth-order valence-electron chi connectivity index (χ4n) is 3.76. The first kappa shape index (κ1) is 16.0. The Morgan fingerprint density at radius 3 is 2.89 bits per heavy atom. The number of aromatic amines is 2. The highest BCUT2D eigenvalue weighted by Gasteiger charge is 2.22. The number of fused-ring (bicyclic) bond motifs is 2. The van der Waals surface area contributed by atoms with Gasteiger partial charge in [-0.3, -0.25) is 14.7 Å². The topological polar surface area (TPSA) is 77.7 Å². The Morgan fingerprint density at radius 1 is 1.11 bits per heavy atom. The molecule has 0 atom stereocenters. The number of rotatable bonds is 3. The van der Waals surface area contributed by atoms with Crippen LogP contribution in [-0.4, -0.2) is 31.4 Å². The fraction of sp³-hybridized carbons (Fsp3) is 0.190. The van der Waals surface area contributed by atoms with E-state index >= 15 is 0 Å². The Bertz CT molecular complexity index is 1160. The van der Waals surface area contributed by atoms with Crippen LogP contribution in [0.15, 0.2) is 59.7 Å². The van der Waals surface area contributed by atoms with Gasteiger partial charge in [0.2, 0.25) is 0 Å². The van der Waals surface area contributed by atoms with Crippen LogP contribution in [0.2, 0.25) is 0 Å². The molecule has 3 aromatic heterocycles. The largest absolute Gasteiger partial charge is 0.361 e. The smallest absolute Gasteiger partial charge is 0.254 e. The first-order chi connectivity index (χ1) is 13.3. The van der Waals surface area contributed by atoms with Gasteiger partial charge in [0.15, 0.2) is 5.82 Å². The second kappa shape index (κ2) is 6.48. The van der Waals surface area contributed by atoms with Crippen LogP contribution in [0.3, 0.4) is 0 Å². The molecule has 5 rings (SSSR count). The van der Waals surface area contributed by atoms with Crippen molar-refractivity contribution in [2.75, 3.05) is 6.54 Å². The summed E-state index contributed by atoms with van der Waals surface area (Å²) in [6.07, 6.45) is 4.49. The summed E-state index contributed by atoms with van der Waals surface area (Å²) in [5, 5.41) is 1.25. The molecule has 0 unspecified atom stereocenters. The molecule has 0 aliphatic carbocycles. The van der Waals surface area contributed by atoms with E-state index in [9.17, 15) is 4.79 Å². The summed E-state index contributed by atoms with van der Waals surface area (Å²) < 4.78 is 0. The van der Waals surface area contributed by atoms with Crippen LogP contribution in [0.1, 0.15) is 16.8 Å². The lowest BCUT2D eigenvalue weighted by atomic mass is 10.1. The zero-order valence-electron chi connectivity index (χ0n) is 14.8. The molecule has 0 bridgehead atoms. The van der Waals surface area contributed by atoms with Crippen LogP contribution in [0.25, 0.3) is 22.4 Å². The lowest BCUT2D eigenvalue weighted by Gasteiger charge is -2.27. The summed E-state index contributed by atoms with van der Waals surface area (Å²) in [6.45, 7) is 2.34. The van der Waals surface area contributed by atoms with Gasteiger partial charge in [-0.25, -0.2) is 4.98 Å². The van der Waals surface area contributed by atoms with Crippen LogP contribution < -0.4 is 5.56 Å². The number of nitrogens with zero attached hydrogens (tertiary/aromatic N) is 3. The highest BCUT2D eigenvalue weighted by atomic mass is 16.1.